The normalized spacial score (nSPS) is 10.9. The third-order valence-corrected chi connectivity index (χ3v) is 3.67. The number of nitrogens with one attached hydrogen (secondary N) is 1. The van der Waals surface area contributed by atoms with Gasteiger partial charge in [0.2, 0.25) is 5.91 Å². The van der Waals surface area contributed by atoms with Crippen molar-refractivity contribution in [3.05, 3.63) is 94.1 Å². The predicted octanol–water partition coefficient (Wildman–Crippen LogP) is 3.63. The maximum atomic E-state index is 12.9. The molecule has 0 spiro atoms. The van der Waals surface area contributed by atoms with Crippen molar-refractivity contribution in [1.29, 1.82) is 0 Å². The van der Waals surface area contributed by atoms with Crippen LogP contribution in [0, 0.1) is 15.9 Å². The van der Waals surface area contributed by atoms with Crippen LogP contribution in [0.2, 0.25) is 0 Å². The number of nitro groups is 1. The van der Waals surface area contributed by atoms with Crippen molar-refractivity contribution in [2.75, 3.05) is 5.32 Å². The number of amides is 1. The van der Waals surface area contributed by atoms with Gasteiger partial charge in [0.15, 0.2) is 0 Å². The molecule has 0 fully saturated rings. The van der Waals surface area contributed by atoms with E-state index in [1.54, 1.807) is 35.1 Å². The van der Waals surface area contributed by atoms with E-state index in [0.717, 1.165) is 5.56 Å². The summed E-state index contributed by atoms with van der Waals surface area (Å²) >= 11 is 0. The third-order valence-electron chi connectivity index (χ3n) is 3.67. The van der Waals surface area contributed by atoms with Crippen LogP contribution in [0.3, 0.4) is 0 Å². The van der Waals surface area contributed by atoms with Gasteiger partial charge in [-0.3, -0.25) is 19.6 Å². The Labute approximate surface area is 153 Å². The van der Waals surface area contributed by atoms with E-state index in [1.165, 1.54) is 42.6 Å². The molecular formula is C19H15FN4O3. The van der Waals surface area contributed by atoms with Crippen LogP contribution in [0.15, 0.2) is 67.0 Å². The summed E-state index contributed by atoms with van der Waals surface area (Å²) in [5, 5.41) is 17.6. The largest absolute Gasteiger partial charge is 0.320 e. The molecule has 2 aromatic carbocycles. The molecule has 8 heteroatoms. The van der Waals surface area contributed by atoms with Crippen LogP contribution in [0.25, 0.3) is 6.08 Å². The number of rotatable bonds is 6. The van der Waals surface area contributed by atoms with Gasteiger partial charge in [-0.2, -0.15) is 5.10 Å². The van der Waals surface area contributed by atoms with Gasteiger partial charge in [0.1, 0.15) is 5.82 Å². The molecule has 7 nitrogen and oxygen atoms in total. The Morgan fingerprint density at radius 3 is 2.78 bits per heavy atom. The molecule has 0 saturated heterocycles. The Balaban J connectivity index is 1.59. The number of carbonyl (C=O) groups is 1. The Hall–Kier alpha value is -3.81. The Kier molecular flexibility index (Phi) is 5.36. The molecule has 0 radical (unpaired) electrons. The fourth-order valence-electron chi connectivity index (χ4n) is 2.39. The predicted molar refractivity (Wildman–Crippen MR) is 98.5 cm³/mol. The van der Waals surface area contributed by atoms with E-state index in [2.05, 4.69) is 10.4 Å². The van der Waals surface area contributed by atoms with Crippen molar-refractivity contribution in [2.45, 2.75) is 6.54 Å². The van der Waals surface area contributed by atoms with E-state index >= 15 is 0 Å². The van der Waals surface area contributed by atoms with Gasteiger partial charge in [0, 0.05) is 24.4 Å². The summed E-state index contributed by atoms with van der Waals surface area (Å²) in [6.45, 7) is 0.444. The molecule has 0 saturated carbocycles. The van der Waals surface area contributed by atoms with Crippen molar-refractivity contribution >= 4 is 23.4 Å². The third kappa shape index (κ3) is 5.08. The summed E-state index contributed by atoms with van der Waals surface area (Å²) in [7, 11) is 0. The minimum absolute atomic E-state index is 0.0420. The highest BCUT2D eigenvalue weighted by atomic mass is 19.1. The van der Waals surface area contributed by atoms with Crippen molar-refractivity contribution in [3.63, 3.8) is 0 Å². The summed E-state index contributed by atoms with van der Waals surface area (Å²) in [6, 6.07) is 12.1. The number of aromatic nitrogens is 2. The molecular weight excluding hydrogens is 351 g/mol. The monoisotopic (exact) mass is 366 g/mol. The fraction of sp³-hybridized carbons (Fsp3) is 0.0526. The van der Waals surface area contributed by atoms with E-state index < -0.39 is 4.92 Å². The molecule has 27 heavy (non-hydrogen) atoms. The summed E-state index contributed by atoms with van der Waals surface area (Å²) in [5.41, 5.74) is 1.89. The van der Waals surface area contributed by atoms with E-state index in [-0.39, 0.29) is 17.4 Å². The molecule has 3 aromatic rings. The quantitative estimate of drug-likeness (QED) is 0.410. The van der Waals surface area contributed by atoms with Crippen LogP contribution in [0.4, 0.5) is 15.8 Å². The van der Waals surface area contributed by atoms with E-state index in [1.807, 2.05) is 0 Å². The number of nitro benzene ring substituents is 1. The summed E-state index contributed by atoms with van der Waals surface area (Å²) in [4.78, 5) is 22.3. The molecule has 1 aromatic heterocycles. The zero-order chi connectivity index (χ0) is 19.2. The molecule has 1 amide bonds. The number of hydrogen-bond acceptors (Lipinski definition) is 4. The van der Waals surface area contributed by atoms with E-state index in [4.69, 9.17) is 0 Å². The molecule has 3 rings (SSSR count). The van der Waals surface area contributed by atoms with Crippen LogP contribution in [-0.4, -0.2) is 20.6 Å². The molecule has 0 bridgehead atoms. The van der Waals surface area contributed by atoms with Gasteiger partial charge < -0.3 is 5.32 Å². The van der Waals surface area contributed by atoms with Gasteiger partial charge >= 0.3 is 0 Å². The topological polar surface area (TPSA) is 90.1 Å². The minimum atomic E-state index is -0.493. The molecule has 136 valence electrons. The maximum Gasteiger partial charge on any atom is 0.270 e. The first kappa shape index (κ1) is 18.0. The highest BCUT2D eigenvalue weighted by molar-refractivity contribution is 6.01. The molecule has 0 aliphatic carbocycles. The Morgan fingerprint density at radius 2 is 2.04 bits per heavy atom. The van der Waals surface area contributed by atoms with Crippen LogP contribution in [0.1, 0.15) is 11.1 Å². The Morgan fingerprint density at radius 1 is 1.26 bits per heavy atom. The zero-order valence-electron chi connectivity index (χ0n) is 14.1. The van der Waals surface area contributed by atoms with Gasteiger partial charge in [-0.25, -0.2) is 4.39 Å². The first-order valence-corrected chi connectivity index (χ1v) is 8.00. The highest BCUT2D eigenvalue weighted by Crippen LogP contribution is 2.14. The molecule has 1 heterocycles. The average Bonchev–Trinajstić information content (AvgIpc) is 3.09. The van der Waals surface area contributed by atoms with Gasteiger partial charge in [-0.05, 0) is 29.3 Å². The SMILES string of the molecule is O=C(/C=C/c1cccc([N+](=O)[O-])c1)Nc1cnn(Cc2ccc(F)cc2)c1. The number of non-ortho nitro benzene ring substituents is 1. The molecule has 0 aliphatic heterocycles. The second-order valence-electron chi connectivity index (χ2n) is 5.73. The lowest BCUT2D eigenvalue weighted by Crippen LogP contribution is -2.07. The van der Waals surface area contributed by atoms with Crippen molar-refractivity contribution in [1.82, 2.24) is 9.78 Å². The lowest BCUT2D eigenvalue weighted by atomic mass is 10.2. The van der Waals surface area contributed by atoms with Crippen molar-refractivity contribution in [3.8, 4) is 0 Å². The zero-order valence-corrected chi connectivity index (χ0v) is 14.1. The van der Waals surface area contributed by atoms with Gasteiger partial charge in [-0.1, -0.05) is 24.3 Å². The second-order valence-corrected chi connectivity index (χ2v) is 5.73. The average molecular weight is 366 g/mol. The number of anilines is 1. The lowest BCUT2D eigenvalue weighted by molar-refractivity contribution is -0.384. The smallest absolute Gasteiger partial charge is 0.270 e. The number of nitrogens with zero attached hydrogens (tertiary/aromatic N) is 3. The molecule has 0 aliphatic rings. The first-order valence-electron chi connectivity index (χ1n) is 8.00. The summed E-state index contributed by atoms with van der Waals surface area (Å²) in [6.07, 6.45) is 5.94. The Bertz CT molecular complexity index is 996. The maximum absolute atomic E-state index is 12.9. The van der Waals surface area contributed by atoms with Gasteiger partial charge in [-0.15, -0.1) is 0 Å². The summed E-state index contributed by atoms with van der Waals surface area (Å²) < 4.78 is 14.5. The number of halogens is 1. The fourth-order valence-corrected chi connectivity index (χ4v) is 2.39. The first-order chi connectivity index (χ1) is 13.0. The van der Waals surface area contributed by atoms with Crippen LogP contribution < -0.4 is 5.32 Å². The molecule has 1 N–H and O–H groups in total. The summed E-state index contributed by atoms with van der Waals surface area (Å²) in [5.74, 6) is -0.689. The van der Waals surface area contributed by atoms with Crippen molar-refractivity contribution in [2.24, 2.45) is 0 Å². The highest BCUT2D eigenvalue weighted by Gasteiger charge is 2.05. The van der Waals surface area contributed by atoms with Crippen molar-refractivity contribution < 1.29 is 14.1 Å². The number of carbonyl (C=O) groups excluding carboxylic acids is 1. The van der Waals surface area contributed by atoms with E-state index in [0.29, 0.717) is 17.8 Å². The second kappa shape index (κ2) is 8.05. The standard InChI is InChI=1S/C19H15FN4O3/c20-16-7-4-15(5-8-16)12-23-13-17(11-21-23)22-19(25)9-6-14-2-1-3-18(10-14)24(26)27/h1-11,13H,12H2,(H,22,25)/b9-6+. The van der Waals surface area contributed by atoms with E-state index in [9.17, 15) is 19.3 Å². The van der Waals surface area contributed by atoms with Crippen LogP contribution >= 0.6 is 0 Å². The lowest BCUT2D eigenvalue weighted by Gasteiger charge is -2.01. The van der Waals surface area contributed by atoms with Crippen LogP contribution in [0.5, 0.6) is 0 Å². The van der Waals surface area contributed by atoms with Gasteiger partial charge in [0.25, 0.3) is 5.69 Å². The number of benzene rings is 2. The van der Waals surface area contributed by atoms with Gasteiger partial charge in [0.05, 0.1) is 23.4 Å². The molecule has 0 atom stereocenters. The minimum Gasteiger partial charge on any atom is -0.320 e. The molecule has 0 unspecified atom stereocenters. The van der Waals surface area contributed by atoms with Crippen LogP contribution in [-0.2, 0) is 11.3 Å². The number of hydrogen-bond donors (Lipinski definition) is 1.